The van der Waals surface area contributed by atoms with E-state index in [1.165, 1.54) is 16.4 Å². The zero-order valence-electron chi connectivity index (χ0n) is 15.5. The lowest BCUT2D eigenvalue weighted by Gasteiger charge is -2.22. The molecule has 0 spiro atoms. The quantitative estimate of drug-likeness (QED) is 0.671. The normalized spacial score (nSPS) is 16.0. The molecular weight excluding hydrogens is 399 g/mol. The monoisotopic (exact) mass is 422 g/mol. The van der Waals surface area contributed by atoms with Crippen LogP contribution in [0, 0.1) is 5.82 Å². The van der Waals surface area contributed by atoms with Gasteiger partial charge < -0.3 is 4.90 Å². The summed E-state index contributed by atoms with van der Waals surface area (Å²) in [5.41, 5.74) is 0. The van der Waals surface area contributed by atoms with Gasteiger partial charge in [0.05, 0.1) is 4.90 Å². The molecule has 28 heavy (non-hydrogen) atoms. The molecule has 1 fully saturated rings. The van der Waals surface area contributed by atoms with Crippen LogP contribution >= 0.6 is 11.8 Å². The molecular formula is C20H23FN2O3S2. The second-order valence-electron chi connectivity index (χ2n) is 6.50. The van der Waals surface area contributed by atoms with Crippen molar-refractivity contribution in [2.24, 2.45) is 0 Å². The summed E-state index contributed by atoms with van der Waals surface area (Å²) in [6.07, 6.45) is 1.00. The molecule has 1 heterocycles. The number of carbonyl (C=O) groups is 1. The van der Waals surface area contributed by atoms with Crippen LogP contribution in [0.15, 0.2) is 64.4 Å². The van der Waals surface area contributed by atoms with Crippen molar-refractivity contribution in [1.29, 1.82) is 0 Å². The first-order chi connectivity index (χ1) is 13.5. The van der Waals surface area contributed by atoms with Crippen molar-refractivity contribution >= 4 is 27.7 Å². The molecule has 1 saturated heterocycles. The Labute approximate surface area is 169 Å². The van der Waals surface area contributed by atoms with Gasteiger partial charge in [-0.3, -0.25) is 4.79 Å². The topological polar surface area (TPSA) is 57.7 Å². The molecule has 0 aromatic heterocycles. The molecule has 1 aliphatic rings. The number of halogens is 1. The van der Waals surface area contributed by atoms with Crippen LogP contribution < -0.4 is 0 Å². The molecule has 0 aliphatic carbocycles. The fourth-order valence-electron chi connectivity index (χ4n) is 3.07. The van der Waals surface area contributed by atoms with Crippen molar-refractivity contribution in [2.75, 3.05) is 31.9 Å². The lowest BCUT2D eigenvalue weighted by molar-refractivity contribution is -0.130. The average molecular weight is 423 g/mol. The minimum Gasteiger partial charge on any atom is -0.341 e. The molecule has 0 saturated carbocycles. The summed E-state index contributed by atoms with van der Waals surface area (Å²) in [6.45, 7) is 1.51. The van der Waals surface area contributed by atoms with Crippen LogP contribution in [0.3, 0.4) is 0 Å². The van der Waals surface area contributed by atoms with E-state index in [2.05, 4.69) is 0 Å². The smallest absolute Gasteiger partial charge is 0.243 e. The van der Waals surface area contributed by atoms with E-state index in [1.54, 1.807) is 16.7 Å². The lowest BCUT2D eigenvalue weighted by atomic mass is 10.3. The first-order valence-corrected chi connectivity index (χ1v) is 11.6. The van der Waals surface area contributed by atoms with Gasteiger partial charge in [0.2, 0.25) is 15.9 Å². The zero-order chi connectivity index (χ0) is 20.0. The molecule has 8 heteroatoms. The van der Waals surface area contributed by atoms with Crippen LogP contribution in [0.5, 0.6) is 0 Å². The maximum Gasteiger partial charge on any atom is 0.243 e. The zero-order valence-corrected chi connectivity index (χ0v) is 17.1. The minimum absolute atomic E-state index is 0.0458. The summed E-state index contributed by atoms with van der Waals surface area (Å²) in [7, 11) is -3.68. The fraction of sp³-hybridized carbons (Fsp3) is 0.350. The van der Waals surface area contributed by atoms with Gasteiger partial charge in [0.1, 0.15) is 5.82 Å². The van der Waals surface area contributed by atoms with Crippen LogP contribution in [0.4, 0.5) is 4.39 Å². The highest BCUT2D eigenvalue weighted by atomic mass is 32.2. The Morgan fingerprint density at radius 1 is 0.964 bits per heavy atom. The van der Waals surface area contributed by atoms with Gasteiger partial charge >= 0.3 is 0 Å². The molecule has 1 aliphatic heterocycles. The van der Waals surface area contributed by atoms with Crippen molar-refractivity contribution in [3.8, 4) is 0 Å². The third-order valence-electron chi connectivity index (χ3n) is 4.59. The first-order valence-electron chi connectivity index (χ1n) is 9.18. The van der Waals surface area contributed by atoms with E-state index < -0.39 is 15.8 Å². The first kappa shape index (κ1) is 20.8. The Balaban J connectivity index is 1.54. The highest BCUT2D eigenvalue weighted by molar-refractivity contribution is 7.99. The summed E-state index contributed by atoms with van der Waals surface area (Å²) in [4.78, 5) is 15.5. The number of hydrogen-bond donors (Lipinski definition) is 0. The van der Waals surface area contributed by atoms with Crippen LogP contribution in [-0.2, 0) is 14.8 Å². The summed E-state index contributed by atoms with van der Waals surface area (Å²) in [5, 5.41) is 0. The molecule has 1 amide bonds. The third-order valence-corrected chi connectivity index (χ3v) is 7.51. The molecule has 0 unspecified atom stereocenters. The average Bonchev–Trinajstić information content (AvgIpc) is 2.96. The van der Waals surface area contributed by atoms with Gasteiger partial charge in [0.25, 0.3) is 0 Å². The molecule has 0 atom stereocenters. The summed E-state index contributed by atoms with van der Waals surface area (Å²) in [5.74, 6) is 0.265. The van der Waals surface area contributed by atoms with Gasteiger partial charge in [-0.15, -0.1) is 11.8 Å². The Morgan fingerprint density at radius 2 is 1.68 bits per heavy atom. The second-order valence-corrected chi connectivity index (χ2v) is 9.61. The fourth-order valence-corrected chi connectivity index (χ4v) is 5.40. The molecule has 150 valence electrons. The van der Waals surface area contributed by atoms with Crippen LogP contribution in [-0.4, -0.2) is 55.5 Å². The number of sulfonamides is 1. The Morgan fingerprint density at radius 3 is 2.39 bits per heavy atom. The van der Waals surface area contributed by atoms with Crippen molar-refractivity contribution in [3.63, 3.8) is 0 Å². The van der Waals surface area contributed by atoms with E-state index in [-0.39, 0.29) is 17.3 Å². The van der Waals surface area contributed by atoms with Gasteiger partial charge in [-0.25, -0.2) is 12.8 Å². The maximum atomic E-state index is 13.1. The molecule has 5 nitrogen and oxygen atoms in total. The van der Waals surface area contributed by atoms with Crippen LogP contribution in [0.25, 0.3) is 0 Å². The van der Waals surface area contributed by atoms with E-state index in [0.29, 0.717) is 38.2 Å². The van der Waals surface area contributed by atoms with E-state index >= 15 is 0 Å². The number of benzene rings is 2. The third kappa shape index (κ3) is 5.33. The van der Waals surface area contributed by atoms with Gasteiger partial charge in [-0.2, -0.15) is 4.31 Å². The number of nitrogens with zero attached hydrogens (tertiary/aromatic N) is 2. The largest absolute Gasteiger partial charge is 0.341 e. The van der Waals surface area contributed by atoms with Crippen molar-refractivity contribution < 1.29 is 17.6 Å². The number of hydrogen-bond acceptors (Lipinski definition) is 4. The van der Waals surface area contributed by atoms with E-state index in [0.717, 1.165) is 17.0 Å². The number of rotatable bonds is 6. The molecule has 2 aromatic rings. The van der Waals surface area contributed by atoms with Crippen LogP contribution in [0.2, 0.25) is 0 Å². The van der Waals surface area contributed by atoms with Crippen molar-refractivity contribution in [3.05, 3.63) is 60.4 Å². The van der Waals surface area contributed by atoms with E-state index in [9.17, 15) is 17.6 Å². The second kappa shape index (κ2) is 9.54. The Bertz CT molecular complexity index is 889. The van der Waals surface area contributed by atoms with E-state index in [1.807, 2.05) is 30.3 Å². The molecule has 0 N–H and O–H groups in total. The number of amides is 1. The predicted octanol–water partition coefficient (Wildman–Crippen LogP) is 3.23. The standard InChI is InChI=1S/C20H23FN2O3S2/c21-17-7-9-19(10-8-17)28(25,26)23-13-4-12-22(14-15-23)20(24)11-16-27-18-5-2-1-3-6-18/h1-3,5-10H,4,11-16H2. The molecule has 3 rings (SSSR count). The molecule has 0 radical (unpaired) electrons. The Kier molecular flexibility index (Phi) is 7.09. The van der Waals surface area contributed by atoms with Gasteiger partial charge in [-0.1, -0.05) is 18.2 Å². The summed E-state index contributed by atoms with van der Waals surface area (Å²) >= 11 is 1.64. The van der Waals surface area contributed by atoms with Crippen molar-refractivity contribution in [1.82, 2.24) is 9.21 Å². The lowest BCUT2D eigenvalue weighted by Crippen LogP contribution is -2.37. The highest BCUT2D eigenvalue weighted by Crippen LogP contribution is 2.20. The highest BCUT2D eigenvalue weighted by Gasteiger charge is 2.28. The maximum absolute atomic E-state index is 13.1. The minimum atomic E-state index is -3.68. The van der Waals surface area contributed by atoms with Crippen LogP contribution in [0.1, 0.15) is 12.8 Å². The van der Waals surface area contributed by atoms with Gasteiger partial charge in [0.15, 0.2) is 0 Å². The van der Waals surface area contributed by atoms with E-state index in [4.69, 9.17) is 0 Å². The number of thioether (sulfide) groups is 1. The summed E-state index contributed by atoms with van der Waals surface area (Å²) < 4.78 is 40.0. The Hall–Kier alpha value is -1.90. The predicted molar refractivity (Wildman–Crippen MR) is 108 cm³/mol. The summed E-state index contributed by atoms with van der Waals surface area (Å²) in [6, 6.07) is 14.8. The SMILES string of the molecule is O=C(CCSc1ccccc1)N1CCCN(S(=O)(=O)c2ccc(F)cc2)CC1. The molecule has 2 aromatic carbocycles. The van der Waals surface area contributed by atoms with Crippen molar-refractivity contribution in [2.45, 2.75) is 22.6 Å². The van der Waals surface area contributed by atoms with Gasteiger partial charge in [-0.05, 0) is 42.8 Å². The van der Waals surface area contributed by atoms with Gasteiger partial charge in [0, 0.05) is 43.2 Å². The number of carbonyl (C=O) groups excluding carboxylic acids is 1. The molecule has 0 bridgehead atoms.